The fraction of sp³-hybridized carbons (Fsp3) is 0.200. The molecule has 0 bridgehead atoms. The molecule has 0 spiro atoms. The first kappa shape index (κ1) is 13.0. The van der Waals surface area contributed by atoms with Crippen LogP contribution in [-0.2, 0) is 6.42 Å². The van der Waals surface area contributed by atoms with Crippen LogP contribution < -0.4 is 5.32 Å². The maximum atomic E-state index is 4.67. The van der Waals surface area contributed by atoms with Gasteiger partial charge in [0, 0.05) is 23.7 Å². The van der Waals surface area contributed by atoms with E-state index in [4.69, 9.17) is 0 Å². The molecule has 2 aromatic heterocycles. The zero-order valence-electron chi connectivity index (χ0n) is 11.2. The molecule has 0 saturated carbocycles. The van der Waals surface area contributed by atoms with Crippen LogP contribution in [0.5, 0.6) is 0 Å². The minimum atomic E-state index is 0.209. The number of aromatic nitrogens is 3. The van der Waals surface area contributed by atoms with E-state index in [2.05, 4.69) is 21.5 Å². The number of likely N-dealkylation sites (N-methyl/N-ethyl adjacent to an activating group) is 1. The lowest BCUT2D eigenvalue weighted by atomic mass is 10.1. The van der Waals surface area contributed by atoms with E-state index in [0.717, 1.165) is 17.8 Å². The van der Waals surface area contributed by atoms with Gasteiger partial charge in [0.1, 0.15) is 0 Å². The van der Waals surface area contributed by atoms with Gasteiger partial charge in [0.2, 0.25) is 0 Å². The fourth-order valence-corrected chi connectivity index (χ4v) is 2.79. The summed E-state index contributed by atoms with van der Waals surface area (Å²) < 4.78 is 1.91. The van der Waals surface area contributed by atoms with E-state index in [1.807, 2.05) is 60.0 Å². The Morgan fingerprint density at radius 3 is 2.80 bits per heavy atom. The molecule has 20 heavy (non-hydrogen) atoms. The molecule has 0 aliphatic rings. The molecule has 4 nitrogen and oxygen atoms in total. The van der Waals surface area contributed by atoms with Gasteiger partial charge in [-0.2, -0.15) is 5.10 Å². The number of rotatable bonds is 5. The topological polar surface area (TPSA) is 42.7 Å². The first-order valence-corrected chi connectivity index (χ1v) is 7.40. The van der Waals surface area contributed by atoms with Gasteiger partial charge in [-0.25, -0.2) is 4.68 Å². The van der Waals surface area contributed by atoms with Crippen molar-refractivity contribution < 1.29 is 0 Å². The third-order valence-corrected chi connectivity index (χ3v) is 4.03. The Balaban J connectivity index is 1.81. The minimum absolute atomic E-state index is 0.209. The van der Waals surface area contributed by atoms with E-state index in [1.165, 1.54) is 4.88 Å². The lowest BCUT2D eigenvalue weighted by Crippen LogP contribution is -2.19. The molecule has 0 fully saturated rings. The summed E-state index contributed by atoms with van der Waals surface area (Å²) in [6.45, 7) is 0. The molecule has 2 heterocycles. The van der Waals surface area contributed by atoms with Gasteiger partial charge in [0.15, 0.2) is 0 Å². The first-order valence-electron chi connectivity index (χ1n) is 6.52. The SMILES string of the molecule is CNC(Cc1cncs1)c1ccn(-c2ccccc2)n1. The van der Waals surface area contributed by atoms with Gasteiger partial charge < -0.3 is 5.32 Å². The Bertz CT molecular complexity index is 646. The van der Waals surface area contributed by atoms with Crippen LogP contribution in [0.2, 0.25) is 0 Å². The van der Waals surface area contributed by atoms with Crippen molar-refractivity contribution in [3.63, 3.8) is 0 Å². The lowest BCUT2D eigenvalue weighted by molar-refractivity contribution is 0.572. The Labute approximate surface area is 122 Å². The van der Waals surface area contributed by atoms with E-state index in [-0.39, 0.29) is 6.04 Å². The molecule has 1 atom stereocenters. The van der Waals surface area contributed by atoms with Crippen LogP contribution in [-0.4, -0.2) is 21.8 Å². The van der Waals surface area contributed by atoms with E-state index < -0.39 is 0 Å². The third kappa shape index (κ3) is 2.79. The van der Waals surface area contributed by atoms with E-state index in [0.29, 0.717) is 0 Å². The zero-order valence-corrected chi connectivity index (χ0v) is 12.0. The molecule has 1 unspecified atom stereocenters. The lowest BCUT2D eigenvalue weighted by Gasteiger charge is -2.12. The molecule has 0 aliphatic heterocycles. The average Bonchev–Trinajstić information content (AvgIpc) is 3.17. The Morgan fingerprint density at radius 2 is 2.10 bits per heavy atom. The maximum absolute atomic E-state index is 4.67. The molecule has 3 aromatic rings. The van der Waals surface area contributed by atoms with Crippen LogP contribution in [0.25, 0.3) is 5.69 Å². The standard InChI is InChI=1S/C15H16N4S/c1-16-15(9-13-10-17-11-20-13)14-7-8-19(18-14)12-5-3-2-4-6-12/h2-8,10-11,15-16H,9H2,1H3. The quantitative estimate of drug-likeness (QED) is 0.783. The van der Waals surface area contributed by atoms with E-state index in [9.17, 15) is 0 Å². The van der Waals surface area contributed by atoms with Gasteiger partial charge in [-0.3, -0.25) is 4.98 Å². The van der Waals surface area contributed by atoms with Crippen LogP contribution >= 0.6 is 11.3 Å². The van der Waals surface area contributed by atoms with Crippen molar-refractivity contribution in [1.29, 1.82) is 0 Å². The van der Waals surface area contributed by atoms with Crippen molar-refractivity contribution in [2.24, 2.45) is 0 Å². The molecule has 0 radical (unpaired) electrons. The van der Waals surface area contributed by atoms with Gasteiger partial charge in [0.05, 0.1) is 22.9 Å². The first-order chi connectivity index (χ1) is 9.86. The Kier molecular flexibility index (Phi) is 3.90. The van der Waals surface area contributed by atoms with Gasteiger partial charge in [-0.1, -0.05) is 18.2 Å². The largest absolute Gasteiger partial charge is 0.311 e. The van der Waals surface area contributed by atoms with Crippen molar-refractivity contribution in [3.05, 3.63) is 64.9 Å². The smallest absolute Gasteiger partial charge is 0.0802 e. The summed E-state index contributed by atoms with van der Waals surface area (Å²) in [5.74, 6) is 0. The van der Waals surface area contributed by atoms with Gasteiger partial charge in [0.25, 0.3) is 0 Å². The molecule has 1 N–H and O–H groups in total. The number of thiazole rings is 1. The Hall–Kier alpha value is -1.98. The molecule has 3 rings (SSSR count). The van der Waals surface area contributed by atoms with Crippen molar-refractivity contribution in [2.45, 2.75) is 12.5 Å². The highest BCUT2D eigenvalue weighted by Gasteiger charge is 2.14. The van der Waals surface area contributed by atoms with E-state index in [1.54, 1.807) is 11.3 Å². The normalized spacial score (nSPS) is 12.4. The van der Waals surface area contributed by atoms with Crippen molar-refractivity contribution in [1.82, 2.24) is 20.1 Å². The number of nitrogens with one attached hydrogen (secondary N) is 1. The summed E-state index contributed by atoms with van der Waals surface area (Å²) in [7, 11) is 1.97. The maximum Gasteiger partial charge on any atom is 0.0802 e. The van der Waals surface area contributed by atoms with Crippen molar-refractivity contribution in [3.8, 4) is 5.69 Å². The van der Waals surface area contributed by atoms with Crippen LogP contribution in [0.15, 0.2) is 54.3 Å². The van der Waals surface area contributed by atoms with Gasteiger partial charge in [-0.05, 0) is 25.2 Å². The molecular formula is C15H16N4S. The van der Waals surface area contributed by atoms with Crippen molar-refractivity contribution >= 4 is 11.3 Å². The summed E-state index contributed by atoms with van der Waals surface area (Å²) in [5, 5.41) is 8.00. The summed E-state index contributed by atoms with van der Waals surface area (Å²) in [6, 6.07) is 12.4. The van der Waals surface area contributed by atoms with Crippen LogP contribution in [0.1, 0.15) is 16.6 Å². The van der Waals surface area contributed by atoms with Crippen LogP contribution in [0.4, 0.5) is 0 Å². The number of hydrogen-bond donors (Lipinski definition) is 1. The number of benzene rings is 1. The van der Waals surface area contributed by atoms with Crippen LogP contribution in [0.3, 0.4) is 0 Å². The highest BCUT2D eigenvalue weighted by molar-refractivity contribution is 7.09. The summed E-state index contributed by atoms with van der Waals surface area (Å²) in [6.07, 6.45) is 4.83. The highest BCUT2D eigenvalue weighted by atomic mass is 32.1. The monoisotopic (exact) mass is 284 g/mol. The average molecular weight is 284 g/mol. The summed E-state index contributed by atoms with van der Waals surface area (Å²) >= 11 is 1.68. The van der Waals surface area contributed by atoms with Crippen molar-refractivity contribution in [2.75, 3.05) is 7.05 Å². The van der Waals surface area contributed by atoms with Gasteiger partial charge in [-0.15, -0.1) is 11.3 Å². The predicted octanol–water partition coefficient (Wildman–Crippen LogP) is 2.83. The molecular weight excluding hydrogens is 268 g/mol. The third-order valence-electron chi connectivity index (χ3n) is 3.22. The molecule has 0 amide bonds. The number of nitrogens with zero attached hydrogens (tertiary/aromatic N) is 3. The second-order valence-corrected chi connectivity index (χ2v) is 5.50. The summed E-state index contributed by atoms with van der Waals surface area (Å²) in [5.41, 5.74) is 3.99. The minimum Gasteiger partial charge on any atom is -0.311 e. The van der Waals surface area contributed by atoms with Gasteiger partial charge >= 0.3 is 0 Å². The molecule has 1 aromatic carbocycles. The molecule has 0 saturated heterocycles. The molecule has 0 aliphatic carbocycles. The van der Waals surface area contributed by atoms with E-state index >= 15 is 0 Å². The predicted molar refractivity (Wildman–Crippen MR) is 81.2 cm³/mol. The van der Waals surface area contributed by atoms with Crippen LogP contribution in [0, 0.1) is 0 Å². The molecule has 5 heteroatoms. The number of para-hydroxylation sites is 1. The zero-order chi connectivity index (χ0) is 13.8. The summed E-state index contributed by atoms with van der Waals surface area (Å²) in [4.78, 5) is 5.38. The highest BCUT2D eigenvalue weighted by Crippen LogP contribution is 2.19. The second-order valence-electron chi connectivity index (χ2n) is 4.53. The molecule has 102 valence electrons. The fourth-order valence-electron chi connectivity index (χ4n) is 2.15. The Morgan fingerprint density at radius 1 is 1.25 bits per heavy atom. The second kappa shape index (κ2) is 5.98. The number of hydrogen-bond acceptors (Lipinski definition) is 4.